The van der Waals surface area contributed by atoms with Crippen LogP contribution in [0.25, 0.3) is 0 Å². The molecule has 3 amide bonds. The minimum atomic E-state index is -0.686. The van der Waals surface area contributed by atoms with E-state index < -0.39 is 17.8 Å². The third kappa shape index (κ3) is 3.97. The number of carbonyl (C=O) groups is 4. The number of likely N-dealkylation sites (tertiary alicyclic amines) is 1. The summed E-state index contributed by atoms with van der Waals surface area (Å²) in [7, 11) is 1.26. The number of carbonyl (C=O) groups excluding carboxylic acids is 4. The van der Waals surface area contributed by atoms with Crippen LogP contribution in [0.2, 0.25) is 0 Å². The fourth-order valence-electron chi connectivity index (χ4n) is 3.69. The molecule has 2 aromatic carbocycles. The van der Waals surface area contributed by atoms with Gasteiger partial charge >= 0.3 is 5.97 Å². The summed E-state index contributed by atoms with van der Waals surface area (Å²) in [6.07, 6.45) is 1.97. The van der Waals surface area contributed by atoms with Crippen LogP contribution in [0.4, 0.5) is 11.4 Å². The molecule has 8 nitrogen and oxygen atoms in total. The fraction of sp³-hybridized carbons (Fsp3) is 0.217. The number of ether oxygens (including phenoxy) is 1. The van der Waals surface area contributed by atoms with Gasteiger partial charge < -0.3 is 15.0 Å². The number of nitrogens with zero attached hydrogens (tertiary/aromatic N) is 2. The second-order valence-electron chi connectivity index (χ2n) is 7.38. The number of esters is 1. The number of hydrogen-bond donors (Lipinski definition) is 1. The van der Waals surface area contributed by atoms with E-state index in [1.807, 2.05) is 0 Å². The molecule has 2 aliphatic heterocycles. The Hall–Kier alpha value is -3.65. The second kappa shape index (κ2) is 8.84. The van der Waals surface area contributed by atoms with Gasteiger partial charge in [0.25, 0.3) is 17.7 Å². The van der Waals surface area contributed by atoms with Gasteiger partial charge in [0, 0.05) is 24.3 Å². The van der Waals surface area contributed by atoms with E-state index in [0.717, 1.165) is 30.8 Å². The van der Waals surface area contributed by atoms with E-state index in [9.17, 15) is 19.2 Å². The second-order valence-corrected chi connectivity index (χ2v) is 7.76. The van der Waals surface area contributed by atoms with Crippen LogP contribution in [0.1, 0.15) is 33.6 Å². The van der Waals surface area contributed by atoms with Gasteiger partial charge in [0.15, 0.2) is 0 Å². The summed E-state index contributed by atoms with van der Waals surface area (Å²) in [6, 6.07) is 12.5. The van der Waals surface area contributed by atoms with Gasteiger partial charge in [-0.1, -0.05) is 17.7 Å². The molecule has 0 atom stereocenters. The van der Waals surface area contributed by atoms with Crippen LogP contribution >= 0.6 is 11.6 Å². The van der Waals surface area contributed by atoms with Crippen LogP contribution in [0.5, 0.6) is 0 Å². The number of rotatable bonds is 5. The highest BCUT2D eigenvalue weighted by molar-refractivity contribution is 6.53. The van der Waals surface area contributed by atoms with E-state index in [1.165, 1.54) is 31.4 Å². The highest BCUT2D eigenvalue weighted by atomic mass is 35.5. The predicted molar refractivity (Wildman–Crippen MR) is 118 cm³/mol. The highest BCUT2D eigenvalue weighted by Gasteiger charge is 2.39. The zero-order valence-corrected chi connectivity index (χ0v) is 18.0. The van der Waals surface area contributed by atoms with Crippen LogP contribution in [-0.4, -0.2) is 48.8 Å². The number of amides is 3. The van der Waals surface area contributed by atoms with Crippen molar-refractivity contribution in [3.8, 4) is 0 Å². The first-order chi connectivity index (χ1) is 15.4. The van der Waals surface area contributed by atoms with Gasteiger partial charge in [-0.25, -0.2) is 9.69 Å². The summed E-state index contributed by atoms with van der Waals surface area (Å²) in [6.45, 7) is 1.45. The molecule has 0 unspecified atom stereocenters. The summed E-state index contributed by atoms with van der Waals surface area (Å²) in [5.41, 5.74) is 1.42. The van der Waals surface area contributed by atoms with E-state index in [0.29, 0.717) is 11.3 Å². The molecule has 0 radical (unpaired) electrons. The van der Waals surface area contributed by atoms with Gasteiger partial charge in [0.1, 0.15) is 10.7 Å². The summed E-state index contributed by atoms with van der Waals surface area (Å²) in [4.78, 5) is 52.6. The fourth-order valence-corrected chi connectivity index (χ4v) is 3.90. The number of nitrogens with one attached hydrogen (secondary N) is 1. The van der Waals surface area contributed by atoms with Crippen molar-refractivity contribution in [2.45, 2.75) is 12.8 Å². The minimum absolute atomic E-state index is 0.0765. The van der Waals surface area contributed by atoms with Gasteiger partial charge in [-0.3, -0.25) is 14.4 Å². The number of hydrogen-bond acceptors (Lipinski definition) is 6. The lowest BCUT2D eigenvalue weighted by atomic mass is 10.1. The first-order valence-corrected chi connectivity index (χ1v) is 10.4. The summed E-state index contributed by atoms with van der Waals surface area (Å²) < 4.78 is 4.65. The van der Waals surface area contributed by atoms with Crippen LogP contribution in [-0.2, 0) is 14.3 Å². The molecule has 0 bridgehead atoms. The molecule has 1 fully saturated rings. The molecule has 0 aliphatic carbocycles. The van der Waals surface area contributed by atoms with Crippen LogP contribution < -0.4 is 10.2 Å². The molecule has 0 spiro atoms. The maximum atomic E-state index is 13.0. The Morgan fingerprint density at radius 3 is 2.31 bits per heavy atom. The van der Waals surface area contributed by atoms with E-state index in [4.69, 9.17) is 11.6 Å². The quantitative estimate of drug-likeness (QED) is 0.552. The third-order valence-electron chi connectivity index (χ3n) is 5.35. The Morgan fingerprint density at radius 2 is 1.66 bits per heavy atom. The van der Waals surface area contributed by atoms with Crippen molar-refractivity contribution in [2.24, 2.45) is 0 Å². The molecule has 1 N–H and O–H groups in total. The minimum Gasteiger partial charge on any atom is -0.465 e. The standard InChI is InChI=1S/C23H20ClN3O5/c1-32-23(31)14-7-9-17(10-8-14)27-21(29)18(24)19(22(27)30)25-16-6-4-5-15(13-16)20(28)26-11-2-3-12-26/h4-10,13,25H,2-3,11-12H2,1H3. The van der Waals surface area contributed by atoms with E-state index >= 15 is 0 Å². The molecule has 2 aliphatic rings. The molecule has 0 saturated carbocycles. The Bertz CT molecular complexity index is 1140. The molecule has 9 heteroatoms. The van der Waals surface area contributed by atoms with Gasteiger partial charge in [0.2, 0.25) is 0 Å². The topological polar surface area (TPSA) is 96.0 Å². The highest BCUT2D eigenvalue weighted by Crippen LogP contribution is 2.30. The zero-order valence-electron chi connectivity index (χ0n) is 17.3. The maximum absolute atomic E-state index is 13.0. The van der Waals surface area contributed by atoms with Gasteiger partial charge in [-0.05, 0) is 55.3 Å². The monoisotopic (exact) mass is 453 g/mol. The summed E-state index contributed by atoms with van der Waals surface area (Å²) in [5.74, 6) is -1.93. The van der Waals surface area contributed by atoms with Crippen molar-refractivity contribution in [1.29, 1.82) is 0 Å². The van der Waals surface area contributed by atoms with E-state index in [-0.39, 0.29) is 27.9 Å². The predicted octanol–water partition coefficient (Wildman–Crippen LogP) is 3.14. The number of halogens is 1. The molecule has 0 aromatic heterocycles. The molecule has 32 heavy (non-hydrogen) atoms. The van der Waals surface area contributed by atoms with Crippen LogP contribution in [0.3, 0.4) is 0 Å². The summed E-state index contributed by atoms with van der Waals surface area (Å²) >= 11 is 6.18. The Morgan fingerprint density at radius 1 is 0.969 bits per heavy atom. The molecule has 164 valence electrons. The van der Waals surface area contributed by atoms with Crippen molar-refractivity contribution in [2.75, 3.05) is 30.4 Å². The molecular formula is C23H20ClN3O5. The van der Waals surface area contributed by atoms with Gasteiger partial charge in [-0.2, -0.15) is 0 Å². The average Bonchev–Trinajstić information content (AvgIpc) is 3.42. The zero-order chi connectivity index (χ0) is 22.8. The number of anilines is 2. The number of benzene rings is 2. The molecule has 2 aromatic rings. The lowest BCUT2D eigenvalue weighted by Gasteiger charge is -2.17. The van der Waals surface area contributed by atoms with Gasteiger partial charge in [0.05, 0.1) is 18.4 Å². The number of imide groups is 1. The normalized spacial score (nSPS) is 16.1. The van der Waals surface area contributed by atoms with Crippen molar-refractivity contribution in [3.05, 3.63) is 70.4 Å². The van der Waals surface area contributed by atoms with Crippen LogP contribution in [0.15, 0.2) is 59.3 Å². The largest absolute Gasteiger partial charge is 0.465 e. The van der Waals surface area contributed by atoms with Crippen molar-refractivity contribution in [3.63, 3.8) is 0 Å². The smallest absolute Gasteiger partial charge is 0.337 e. The lowest BCUT2D eigenvalue weighted by molar-refractivity contribution is -0.120. The first kappa shape index (κ1) is 21.6. The SMILES string of the molecule is COC(=O)c1ccc(N2C(=O)C(Cl)=C(Nc3cccc(C(=O)N4CCCC4)c3)C2=O)cc1. The van der Waals surface area contributed by atoms with Crippen molar-refractivity contribution < 1.29 is 23.9 Å². The molecule has 4 rings (SSSR count). The first-order valence-electron chi connectivity index (χ1n) is 10.0. The Labute approximate surface area is 189 Å². The molecule has 1 saturated heterocycles. The molecular weight excluding hydrogens is 434 g/mol. The van der Waals surface area contributed by atoms with E-state index in [1.54, 1.807) is 29.2 Å². The lowest BCUT2D eigenvalue weighted by Crippen LogP contribution is -2.32. The number of methoxy groups -OCH3 is 1. The van der Waals surface area contributed by atoms with E-state index in [2.05, 4.69) is 10.1 Å². The van der Waals surface area contributed by atoms with Crippen molar-refractivity contribution >= 4 is 46.7 Å². The third-order valence-corrected chi connectivity index (χ3v) is 5.70. The van der Waals surface area contributed by atoms with Crippen molar-refractivity contribution in [1.82, 2.24) is 4.90 Å². The van der Waals surface area contributed by atoms with Crippen LogP contribution in [0, 0.1) is 0 Å². The Kier molecular flexibility index (Phi) is 5.96. The van der Waals surface area contributed by atoms with Gasteiger partial charge in [-0.15, -0.1) is 0 Å². The summed E-state index contributed by atoms with van der Waals surface area (Å²) in [5, 5.41) is 2.63. The Balaban J connectivity index is 1.54. The molecule has 2 heterocycles. The maximum Gasteiger partial charge on any atom is 0.337 e. The average molecular weight is 454 g/mol.